The third kappa shape index (κ3) is 4.88. The summed E-state index contributed by atoms with van der Waals surface area (Å²) in [6.45, 7) is 5.58. The van der Waals surface area contributed by atoms with E-state index in [1.54, 1.807) is 16.4 Å². The normalized spacial score (nSPS) is 25.6. The zero-order chi connectivity index (χ0) is 19.6. The summed E-state index contributed by atoms with van der Waals surface area (Å²) in [5.41, 5.74) is 1.34. The molecule has 29 heavy (non-hydrogen) atoms. The van der Waals surface area contributed by atoms with Crippen LogP contribution in [-0.2, 0) is 21.3 Å². The molecule has 3 aliphatic heterocycles. The molecule has 3 aliphatic rings. The molecule has 0 aromatic heterocycles. The monoisotopic (exact) mass is 534 g/mol. The molecule has 3 saturated heterocycles. The van der Waals surface area contributed by atoms with Gasteiger partial charge in [-0.25, -0.2) is 8.42 Å². The molecule has 9 heteroatoms. The van der Waals surface area contributed by atoms with Crippen LogP contribution in [-0.4, -0.2) is 70.0 Å². The van der Waals surface area contributed by atoms with E-state index in [0.717, 1.165) is 63.5 Å². The second kappa shape index (κ2) is 9.49. The van der Waals surface area contributed by atoms with Gasteiger partial charge in [-0.15, -0.1) is 24.0 Å². The first kappa shape index (κ1) is 22.8. The number of benzene rings is 1. The number of guanidine groups is 1. The van der Waals surface area contributed by atoms with Crippen LogP contribution in [0.5, 0.6) is 0 Å². The quantitative estimate of drug-likeness (QED) is 0.365. The van der Waals surface area contributed by atoms with Crippen molar-refractivity contribution in [1.82, 2.24) is 14.5 Å². The Kier molecular flexibility index (Phi) is 7.45. The van der Waals surface area contributed by atoms with Gasteiger partial charge in [0.2, 0.25) is 10.0 Å². The lowest BCUT2D eigenvalue weighted by molar-refractivity contribution is 0.156. The lowest BCUT2D eigenvalue weighted by Gasteiger charge is -2.25. The van der Waals surface area contributed by atoms with E-state index >= 15 is 0 Å². The zero-order valence-corrected chi connectivity index (χ0v) is 20.1. The molecule has 1 aromatic carbocycles. The van der Waals surface area contributed by atoms with Crippen LogP contribution in [0.2, 0.25) is 0 Å². The van der Waals surface area contributed by atoms with E-state index in [1.807, 2.05) is 19.2 Å². The molecule has 3 heterocycles. The van der Waals surface area contributed by atoms with Crippen molar-refractivity contribution in [2.45, 2.75) is 37.1 Å². The van der Waals surface area contributed by atoms with Gasteiger partial charge in [0, 0.05) is 51.8 Å². The molecule has 1 atom stereocenters. The summed E-state index contributed by atoms with van der Waals surface area (Å²) >= 11 is 0. The fourth-order valence-corrected chi connectivity index (χ4v) is 5.97. The minimum atomic E-state index is -3.35. The van der Waals surface area contributed by atoms with Gasteiger partial charge in [-0.05, 0) is 43.4 Å². The third-order valence-corrected chi connectivity index (χ3v) is 8.12. The van der Waals surface area contributed by atoms with E-state index in [1.165, 1.54) is 0 Å². The lowest BCUT2D eigenvalue weighted by atomic mass is 9.87. The first-order valence-electron chi connectivity index (χ1n) is 10.1. The predicted octanol–water partition coefficient (Wildman–Crippen LogP) is 2.28. The Labute approximate surface area is 191 Å². The van der Waals surface area contributed by atoms with Crippen molar-refractivity contribution in [3.05, 3.63) is 29.8 Å². The number of aliphatic imine (C=N–C) groups is 1. The molecule has 1 unspecified atom stereocenters. The first-order valence-corrected chi connectivity index (χ1v) is 11.6. The molecule has 0 radical (unpaired) electrons. The Morgan fingerprint density at radius 2 is 1.90 bits per heavy atom. The maximum Gasteiger partial charge on any atom is 0.243 e. The first-order chi connectivity index (χ1) is 13.5. The summed E-state index contributed by atoms with van der Waals surface area (Å²) in [7, 11) is -1.54. The number of ether oxygens (including phenoxy) is 1. The van der Waals surface area contributed by atoms with Crippen molar-refractivity contribution < 1.29 is 13.2 Å². The second-order valence-corrected chi connectivity index (χ2v) is 10.1. The van der Waals surface area contributed by atoms with Gasteiger partial charge in [0.05, 0.1) is 11.5 Å². The van der Waals surface area contributed by atoms with Gasteiger partial charge in [-0.3, -0.25) is 4.99 Å². The predicted molar refractivity (Wildman–Crippen MR) is 124 cm³/mol. The summed E-state index contributed by atoms with van der Waals surface area (Å²) in [6.07, 6.45) is 4.18. The highest BCUT2D eigenvalue weighted by Gasteiger charge is 2.42. The third-order valence-electron chi connectivity index (χ3n) is 6.21. The number of sulfonamides is 1. The minimum Gasteiger partial charge on any atom is -0.381 e. The van der Waals surface area contributed by atoms with Crippen molar-refractivity contribution in [3.63, 3.8) is 0 Å². The summed E-state index contributed by atoms with van der Waals surface area (Å²) in [5, 5.41) is 3.42. The van der Waals surface area contributed by atoms with Crippen LogP contribution in [0.4, 0.5) is 0 Å². The van der Waals surface area contributed by atoms with Gasteiger partial charge in [-0.1, -0.05) is 12.1 Å². The zero-order valence-electron chi connectivity index (χ0n) is 17.0. The Morgan fingerprint density at radius 1 is 1.17 bits per heavy atom. The second-order valence-electron chi connectivity index (χ2n) is 8.13. The Morgan fingerprint density at radius 3 is 2.52 bits per heavy atom. The highest BCUT2D eigenvalue weighted by Crippen LogP contribution is 2.38. The summed E-state index contributed by atoms with van der Waals surface area (Å²) in [4.78, 5) is 7.12. The van der Waals surface area contributed by atoms with E-state index in [2.05, 4.69) is 15.2 Å². The minimum absolute atomic E-state index is 0. The topological polar surface area (TPSA) is 74.2 Å². The number of nitrogens with one attached hydrogen (secondary N) is 1. The van der Waals surface area contributed by atoms with E-state index in [9.17, 15) is 8.42 Å². The molecule has 0 saturated carbocycles. The standard InChI is InChI=1S/C20H30N4O3S.HI/c1-21-19(23-12-8-20(15-23)9-13-27-16-20)22-14-17-4-6-18(7-5-17)28(25,26)24-10-2-3-11-24;/h4-7H,2-3,8-16H2,1H3,(H,21,22);1H. The number of hydrogen-bond donors (Lipinski definition) is 1. The Balaban J connectivity index is 0.00000240. The molecule has 1 aromatic rings. The van der Waals surface area contributed by atoms with Gasteiger partial charge < -0.3 is 15.0 Å². The number of likely N-dealkylation sites (tertiary alicyclic amines) is 1. The molecule has 0 amide bonds. The SMILES string of the molecule is CN=C(NCc1ccc(S(=O)(=O)N2CCCC2)cc1)N1CCC2(CCOC2)C1.I. The number of rotatable bonds is 4. The maximum atomic E-state index is 12.6. The van der Waals surface area contributed by atoms with E-state index < -0.39 is 10.0 Å². The number of nitrogens with zero attached hydrogens (tertiary/aromatic N) is 3. The van der Waals surface area contributed by atoms with E-state index in [-0.39, 0.29) is 24.0 Å². The van der Waals surface area contributed by atoms with Gasteiger partial charge in [-0.2, -0.15) is 4.31 Å². The van der Waals surface area contributed by atoms with Crippen LogP contribution >= 0.6 is 24.0 Å². The van der Waals surface area contributed by atoms with Crippen LogP contribution in [0.15, 0.2) is 34.2 Å². The van der Waals surface area contributed by atoms with Crippen molar-refractivity contribution in [2.24, 2.45) is 10.4 Å². The number of halogens is 1. The molecule has 162 valence electrons. The average molecular weight is 534 g/mol. The average Bonchev–Trinajstić information content (AvgIpc) is 3.46. The molecule has 4 rings (SSSR count). The molecular formula is C20H31IN4O3S. The van der Waals surface area contributed by atoms with Crippen molar-refractivity contribution >= 4 is 40.0 Å². The fraction of sp³-hybridized carbons (Fsp3) is 0.650. The Hall–Kier alpha value is -0.910. The highest BCUT2D eigenvalue weighted by molar-refractivity contribution is 14.0. The van der Waals surface area contributed by atoms with Crippen molar-refractivity contribution in [1.29, 1.82) is 0 Å². The molecule has 0 aliphatic carbocycles. The molecular weight excluding hydrogens is 503 g/mol. The van der Waals surface area contributed by atoms with Crippen LogP contribution in [0.3, 0.4) is 0 Å². The van der Waals surface area contributed by atoms with E-state index in [0.29, 0.717) is 29.9 Å². The highest BCUT2D eigenvalue weighted by atomic mass is 127. The maximum absolute atomic E-state index is 12.6. The van der Waals surface area contributed by atoms with Crippen molar-refractivity contribution in [2.75, 3.05) is 46.4 Å². The smallest absolute Gasteiger partial charge is 0.243 e. The summed E-state index contributed by atoms with van der Waals surface area (Å²) in [6, 6.07) is 7.21. The van der Waals surface area contributed by atoms with Gasteiger partial charge in [0.25, 0.3) is 0 Å². The van der Waals surface area contributed by atoms with Crippen LogP contribution < -0.4 is 5.32 Å². The van der Waals surface area contributed by atoms with Crippen LogP contribution in [0, 0.1) is 5.41 Å². The summed E-state index contributed by atoms with van der Waals surface area (Å²) < 4.78 is 32.4. The van der Waals surface area contributed by atoms with Crippen LogP contribution in [0.25, 0.3) is 0 Å². The lowest BCUT2D eigenvalue weighted by Crippen LogP contribution is -2.41. The molecule has 7 nitrogen and oxygen atoms in total. The van der Waals surface area contributed by atoms with Gasteiger partial charge in [0.15, 0.2) is 5.96 Å². The molecule has 1 spiro atoms. The van der Waals surface area contributed by atoms with Gasteiger partial charge in [0.1, 0.15) is 0 Å². The largest absolute Gasteiger partial charge is 0.381 e. The van der Waals surface area contributed by atoms with E-state index in [4.69, 9.17) is 4.74 Å². The van der Waals surface area contributed by atoms with Gasteiger partial charge >= 0.3 is 0 Å². The number of hydrogen-bond acceptors (Lipinski definition) is 4. The van der Waals surface area contributed by atoms with Crippen LogP contribution in [0.1, 0.15) is 31.2 Å². The molecule has 3 fully saturated rings. The fourth-order valence-electron chi connectivity index (χ4n) is 4.46. The summed E-state index contributed by atoms with van der Waals surface area (Å²) in [5.74, 6) is 0.900. The molecule has 1 N–H and O–H groups in total. The van der Waals surface area contributed by atoms with Crippen molar-refractivity contribution in [3.8, 4) is 0 Å². The molecule has 0 bridgehead atoms. The Bertz CT molecular complexity index is 817.